The maximum atomic E-state index is 5.33. The molecule has 2 N–H and O–H groups in total. The first-order valence-electron chi connectivity index (χ1n) is 8.01. The highest BCUT2D eigenvalue weighted by atomic mass is 32.1. The SMILES string of the molecule is COc1ccc(/C=N\NC(=S)N[C@H]2C[C@@H]3CC[C@@H]2C3)cc1OC. The lowest BCUT2D eigenvalue weighted by Gasteiger charge is -2.23. The molecule has 6 heteroatoms. The lowest BCUT2D eigenvalue weighted by atomic mass is 9.96. The van der Waals surface area contributed by atoms with Gasteiger partial charge in [0.2, 0.25) is 0 Å². The molecule has 2 aliphatic rings. The number of nitrogens with one attached hydrogen (secondary N) is 2. The minimum atomic E-state index is 0.519. The van der Waals surface area contributed by atoms with Crippen LogP contribution in [0.3, 0.4) is 0 Å². The number of benzene rings is 1. The van der Waals surface area contributed by atoms with Crippen molar-refractivity contribution < 1.29 is 9.47 Å². The van der Waals surface area contributed by atoms with E-state index in [0.29, 0.717) is 22.7 Å². The first kappa shape index (κ1) is 16.1. The fraction of sp³-hybridized carbons (Fsp3) is 0.529. The van der Waals surface area contributed by atoms with Crippen LogP contribution >= 0.6 is 12.2 Å². The van der Waals surface area contributed by atoms with E-state index in [-0.39, 0.29) is 0 Å². The van der Waals surface area contributed by atoms with E-state index in [2.05, 4.69) is 15.8 Å². The fourth-order valence-corrected chi connectivity index (χ4v) is 3.92. The highest BCUT2D eigenvalue weighted by molar-refractivity contribution is 7.80. The van der Waals surface area contributed by atoms with Crippen molar-refractivity contribution >= 4 is 23.5 Å². The zero-order valence-electron chi connectivity index (χ0n) is 13.5. The summed E-state index contributed by atoms with van der Waals surface area (Å²) in [7, 11) is 3.23. The van der Waals surface area contributed by atoms with E-state index in [0.717, 1.165) is 17.4 Å². The summed E-state index contributed by atoms with van der Waals surface area (Å²) in [4.78, 5) is 0. The predicted octanol–water partition coefficient (Wildman–Crippen LogP) is 2.69. The number of rotatable bonds is 5. The van der Waals surface area contributed by atoms with Gasteiger partial charge in [-0.3, -0.25) is 5.43 Å². The van der Waals surface area contributed by atoms with Gasteiger partial charge < -0.3 is 14.8 Å². The number of methoxy groups -OCH3 is 2. The molecule has 0 aliphatic heterocycles. The Balaban J connectivity index is 1.51. The third-order valence-electron chi connectivity index (χ3n) is 4.84. The molecular weight excluding hydrogens is 310 g/mol. The number of fused-ring (bicyclic) bond motifs is 2. The van der Waals surface area contributed by atoms with Gasteiger partial charge in [0.25, 0.3) is 0 Å². The molecule has 0 saturated heterocycles. The van der Waals surface area contributed by atoms with Crippen LogP contribution in [0.4, 0.5) is 0 Å². The topological polar surface area (TPSA) is 54.9 Å². The van der Waals surface area contributed by atoms with Gasteiger partial charge in [0.15, 0.2) is 16.6 Å². The van der Waals surface area contributed by atoms with Crippen molar-refractivity contribution in [1.82, 2.24) is 10.7 Å². The molecule has 3 rings (SSSR count). The van der Waals surface area contributed by atoms with E-state index in [9.17, 15) is 0 Å². The van der Waals surface area contributed by atoms with Crippen LogP contribution in [0.5, 0.6) is 11.5 Å². The Hall–Kier alpha value is -1.82. The van der Waals surface area contributed by atoms with Crippen molar-refractivity contribution in [3.05, 3.63) is 23.8 Å². The van der Waals surface area contributed by atoms with Gasteiger partial charge in [-0.25, -0.2) is 0 Å². The van der Waals surface area contributed by atoms with Crippen molar-refractivity contribution in [3.63, 3.8) is 0 Å². The van der Waals surface area contributed by atoms with Gasteiger partial charge in [0, 0.05) is 6.04 Å². The van der Waals surface area contributed by atoms with Crippen LogP contribution < -0.4 is 20.2 Å². The van der Waals surface area contributed by atoms with Crippen molar-refractivity contribution in [1.29, 1.82) is 0 Å². The van der Waals surface area contributed by atoms with Crippen LogP contribution in [-0.4, -0.2) is 31.6 Å². The first-order chi connectivity index (χ1) is 11.2. The summed E-state index contributed by atoms with van der Waals surface area (Å²) in [5.74, 6) is 3.07. The number of hydrazone groups is 1. The molecule has 0 spiro atoms. The minimum absolute atomic E-state index is 0.519. The molecule has 0 radical (unpaired) electrons. The smallest absolute Gasteiger partial charge is 0.187 e. The number of hydrogen-bond donors (Lipinski definition) is 2. The van der Waals surface area contributed by atoms with Gasteiger partial charge in [0.05, 0.1) is 20.4 Å². The number of thiocarbonyl (C=S) groups is 1. The van der Waals surface area contributed by atoms with Crippen LogP contribution in [0.25, 0.3) is 0 Å². The highest BCUT2D eigenvalue weighted by Crippen LogP contribution is 2.44. The Kier molecular flexibility index (Phi) is 5.00. The van der Waals surface area contributed by atoms with E-state index < -0.39 is 0 Å². The van der Waals surface area contributed by atoms with Crippen LogP contribution in [0.1, 0.15) is 31.2 Å². The summed E-state index contributed by atoms with van der Waals surface area (Å²) >= 11 is 5.33. The molecule has 2 fully saturated rings. The molecule has 2 bridgehead atoms. The lowest BCUT2D eigenvalue weighted by Crippen LogP contribution is -2.42. The third-order valence-corrected chi connectivity index (χ3v) is 5.05. The quantitative estimate of drug-likeness (QED) is 0.493. The Morgan fingerprint density at radius 2 is 2.04 bits per heavy atom. The molecule has 0 heterocycles. The van der Waals surface area contributed by atoms with Gasteiger partial charge in [-0.1, -0.05) is 6.42 Å². The molecule has 0 amide bonds. The Morgan fingerprint density at radius 3 is 2.70 bits per heavy atom. The third kappa shape index (κ3) is 3.75. The number of ether oxygens (including phenoxy) is 2. The molecule has 3 atom stereocenters. The summed E-state index contributed by atoms with van der Waals surface area (Å²) in [6, 6.07) is 6.16. The molecule has 124 valence electrons. The minimum Gasteiger partial charge on any atom is -0.493 e. The summed E-state index contributed by atoms with van der Waals surface area (Å²) in [5, 5.41) is 8.20. The second kappa shape index (κ2) is 7.17. The largest absolute Gasteiger partial charge is 0.493 e. The average molecular weight is 333 g/mol. The summed E-state index contributed by atoms with van der Waals surface area (Å²) in [5.41, 5.74) is 3.82. The molecule has 1 aromatic carbocycles. The number of hydrogen-bond acceptors (Lipinski definition) is 4. The average Bonchev–Trinajstić information content (AvgIpc) is 3.17. The zero-order valence-corrected chi connectivity index (χ0v) is 14.4. The second-order valence-electron chi connectivity index (χ2n) is 6.24. The number of nitrogens with zero attached hydrogens (tertiary/aromatic N) is 1. The predicted molar refractivity (Wildman–Crippen MR) is 95.2 cm³/mol. The van der Waals surface area contributed by atoms with E-state index in [4.69, 9.17) is 21.7 Å². The summed E-state index contributed by atoms with van der Waals surface area (Å²) < 4.78 is 10.5. The molecular formula is C17H23N3O2S. The van der Waals surface area contributed by atoms with Crippen molar-refractivity contribution in [3.8, 4) is 11.5 Å². The van der Waals surface area contributed by atoms with E-state index in [1.807, 2.05) is 18.2 Å². The van der Waals surface area contributed by atoms with Gasteiger partial charge in [-0.2, -0.15) is 5.10 Å². The van der Waals surface area contributed by atoms with Crippen LogP contribution in [0.2, 0.25) is 0 Å². The molecule has 23 heavy (non-hydrogen) atoms. The summed E-state index contributed by atoms with van der Waals surface area (Å²) in [6.45, 7) is 0. The molecule has 0 unspecified atom stereocenters. The fourth-order valence-electron chi connectivity index (χ4n) is 3.72. The van der Waals surface area contributed by atoms with E-state index in [1.165, 1.54) is 25.7 Å². The maximum Gasteiger partial charge on any atom is 0.187 e. The Labute approximate surface area is 142 Å². The Morgan fingerprint density at radius 1 is 1.22 bits per heavy atom. The lowest BCUT2D eigenvalue weighted by molar-refractivity contribution is 0.355. The van der Waals surface area contributed by atoms with Crippen molar-refractivity contribution in [2.75, 3.05) is 14.2 Å². The zero-order chi connectivity index (χ0) is 16.2. The van der Waals surface area contributed by atoms with Gasteiger partial charge >= 0.3 is 0 Å². The van der Waals surface area contributed by atoms with Gasteiger partial charge in [-0.15, -0.1) is 0 Å². The first-order valence-corrected chi connectivity index (χ1v) is 8.42. The second-order valence-corrected chi connectivity index (χ2v) is 6.65. The van der Waals surface area contributed by atoms with Crippen molar-refractivity contribution in [2.45, 2.75) is 31.7 Å². The molecule has 2 aliphatic carbocycles. The van der Waals surface area contributed by atoms with Crippen LogP contribution in [0.15, 0.2) is 23.3 Å². The molecule has 2 saturated carbocycles. The maximum absolute atomic E-state index is 5.33. The monoisotopic (exact) mass is 333 g/mol. The van der Waals surface area contributed by atoms with Crippen molar-refractivity contribution in [2.24, 2.45) is 16.9 Å². The van der Waals surface area contributed by atoms with Crippen LogP contribution in [0, 0.1) is 11.8 Å². The normalized spacial score (nSPS) is 25.6. The van der Waals surface area contributed by atoms with Gasteiger partial charge in [0.1, 0.15) is 0 Å². The molecule has 0 aromatic heterocycles. The van der Waals surface area contributed by atoms with Crippen LogP contribution in [-0.2, 0) is 0 Å². The van der Waals surface area contributed by atoms with E-state index >= 15 is 0 Å². The summed E-state index contributed by atoms with van der Waals surface area (Å²) in [6.07, 6.45) is 7.04. The van der Waals surface area contributed by atoms with Gasteiger partial charge in [-0.05, 0) is 67.1 Å². The molecule has 1 aromatic rings. The molecule has 5 nitrogen and oxygen atoms in total. The Bertz CT molecular complexity index is 606. The standard InChI is InChI=1S/C17H23N3O2S/c1-21-15-6-4-12(9-16(15)22-2)10-18-20-17(23)19-14-8-11-3-5-13(14)7-11/h4,6,9-11,13-14H,3,5,7-8H2,1-2H3,(H2,19,20,23)/b18-10-/t11-,13-,14+/m1/s1. The highest BCUT2D eigenvalue weighted by Gasteiger charge is 2.39. The van der Waals surface area contributed by atoms with E-state index in [1.54, 1.807) is 20.4 Å².